The molecule has 178 valence electrons. The summed E-state index contributed by atoms with van der Waals surface area (Å²) in [4.78, 5) is 22.6. The summed E-state index contributed by atoms with van der Waals surface area (Å²) >= 11 is 0. The first kappa shape index (κ1) is 22.5. The van der Waals surface area contributed by atoms with Gasteiger partial charge in [0.1, 0.15) is 17.3 Å². The molecule has 1 aliphatic heterocycles. The maximum Gasteiger partial charge on any atom is 0.257 e. The van der Waals surface area contributed by atoms with Crippen LogP contribution in [0.5, 0.6) is 11.5 Å². The molecule has 7 heteroatoms. The number of aromatic nitrogens is 1. The minimum absolute atomic E-state index is 0.217. The fraction of sp³-hybridized carbons (Fsp3) is 0.214. The van der Waals surface area contributed by atoms with Crippen molar-refractivity contribution < 1.29 is 14.3 Å². The summed E-state index contributed by atoms with van der Waals surface area (Å²) < 4.78 is 10.9. The molecule has 4 aromatic rings. The summed E-state index contributed by atoms with van der Waals surface area (Å²) in [6.45, 7) is 3.35. The number of fused-ring (bicyclic) bond motifs is 1. The van der Waals surface area contributed by atoms with Gasteiger partial charge in [0, 0.05) is 37.8 Å². The van der Waals surface area contributed by atoms with Crippen LogP contribution in [0.4, 0.5) is 17.2 Å². The van der Waals surface area contributed by atoms with Crippen molar-refractivity contribution in [2.45, 2.75) is 0 Å². The van der Waals surface area contributed by atoms with Crippen LogP contribution in [0.25, 0.3) is 10.8 Å². The molecule has 1 aromatic heterocycles. The lowest BCUT2D eigenvalue weighted by Crippen LogP contribution is -2.47. The number of nitrogens with zero attached hydrogens (tertiary/aromatic N) is 3. The number of benzene rings is 3. The molecule has 0 atom stereocenters. The number of carbonyl (C=O) groups excluding carboxylic acids is 1. The minimum atomic E-state index is -0.217. The molecule has 1 fully saturated rings. The number of hydrogen-bond acceptors (Lipinski definition) is 6. The zero-order valence-electron chi connectivity index (χ0n) is 19.9. The fourth-order valence-corrected chi connectivity index (χ4v) is 4.60. The zero-order valence-corrected chi connectivity index (χ0v) is 19.9. The van der Waals surface area contributed by atoms with Crippen LogP contribution in [-0.4, -0.2) is 51.3 Å². The van der Waals surface area contributed by atoms with Gasteiger partial charge in [-0.3, -0.25) is 4.79 Å². The van der Waals surface area contributed by atoms with Crippen LogP contribution >= 0.6 is 0 Å². The number of para-hydroxylation sites is 4. The number of ether oxygens (including phenoxy) is 2. The smallest absolute Gasteiger partial charge is 0.257 e. The summed E-state index contributed by atoms with van der Waals surface area (Å²) in [5.74, 6) is 2.18. The lowest BCUT2D eigenvalue weighted by molar-refractivity contribution is 0.102. The van der Waals surface area contributed by atoms with Gasteiger partial charge in [0.2, 0.25) is 0 Å². The summed E-state index contributed by atoms with van der Waals surface area (Å²) in [6, 6.07) is 23.4. The Morgan fingerprint density at radius 3 is 2.11 bits per heavy atom. The third-order valence-electron chi connectivity index (χ3n) is 6.38. The predicted molar refractivity (Wildman–Crippen MR) is 140 cm³/mol. The largest absolute Gasteiger partial charge is 0.495 e. The average Bonchev–Trinajstić information content (AvgIpc) is 2.92. The topological polar surface area (TPSA) is 66.9 Å². The van der Waals surface area contributed by atoms with E-state index in [1.807, 2.05) is 66.7 Å². The summed E-state index contributed by atoms with van der Waals surface area (Å²) in [6.07, 6.45) is 1.68. The highest BCUT2D eigenvalue weighted by molar-refractivity contribution is 6.14. The number of nitrogens with one attached hydrogen (secondary N) is 1. The zero-order chi connectivity index (χ0) is 24.2. The van der Waals surface area contributed by atoms with Gasteiger partial charge in [0.25, 0.3) is 5.91 Å². The lowest BCUT2D eigenvalue weighted by atomic mass is 10.1. The quantitative estimate of drug-likeness (QED) is 0.437. The molecule has 5 rings (SSSR count). The molecule has 1 aliphatic rings. The van der Waals surface area contributed by atoms with Gasteiger partial charge in [0.05, 0.1) is 31.2 Å². The Labute approximate surface area is 204 Å². The number of pyridine rings is 1. The number of rotatable bonds is 6. The Kier molecular flexibility index (Phi) is 6.39. The monoisotopic (exact) mass is 468 g/mol. The van der Waals surface area contributed by atoms with Crippen LogP contribution in [0, 0.1) is 0 Å². The van der Waals surface area contributed by atoms with E-state index in [9.17, 15) is 4.79 Å². The van der Waals surface area contributed by atoms with E-state index in [1.54, 1.807) is 20.4 Å². The first-order valence-electron chi connectivity index (χ1n) is 11.6. The fourth-order valence-electron chi connectivity index (χ4n) is 4.60. The van der Waals surface area contributed by atoms with Crippen molar-refractivity contribution in [3.05, 3.63) is 84.6 Å². The van der Waals surface area contributed by atoms with E-state index in [2.05, 4.69) is 21.2 Å². The second-order valence-corrected chi connectivity index (χ2v) is 8.34. The van der Waals surface area contributed by atoms with Gasteiger partial charge in [-0.1, -0.05) is 48.5 Å². The van der Waals surface area contributed by atoms with E-state index >= 15 is 0 Å². The van der Waals surface area contributed by atoms with E-state index in [0.29, 0.717) is 17.0 Å². The van der Waals surface area contributed by atoms with Crippen molar-refractivity contribution in [1.29, 1.82) is 0 Å². The molecular weight excluding hydrogens is 440 g/mol. The molecule has 0 aliphatic carbocycles. The van der Waals surface area contributed by atoms with Crippen molar-refractivity contribution in [3.8, 4) is 11.5 Å². The van der Waals surface area contributed by atoms with Crippen LogP contribution in [-0.2, 0) is 0 Å². The Bertz CT molecular complexity index is 1350. The SMILES string of the molecule is COc1ccccc1NC(=O)c1cnc(N2CCN(c3ccccc3OC)CC2)c2ccccc12. The molecule has 0 spiro atoms. The van der Waals surface area contributed by atoms with Crippen LogP contribution in [0.3, 0.4) is 0 Å². The van der Waals surface area contributed by atoms with Crippen molar-refractivity contribution in [1.82, 2.24) is 4.98 Å². The summed E-state index contributed by atoms with van der Waals surface area (Å²) in [5, 5.41) is 4.80. The van der Waals surface area contributed by atoms with Gasteiger partial charge in [-0.05, 0) is 29.7 Å². The normalized spacial score (nSPS) is 13.5. The first-order valence-corrected chi connectivity index (χ1v) is 11.6. The molecule has 1 N–H and O–H groups in total. The molecule has 1 amide bonds. The van der Waals surface area contributed by atoms with Gasteiger partial charge >= 0.3 is 0 Å². The van der Waals surface area contributed by atoms with Gasteiger partial charge in [-0.2, -0.15) is 0 Å². The van der Waals surface area contributed by atoms with Gasteiger partial charge < -0.3 is 24.6 Å². The number of carbonyl (C=O) groups is 1. The molecule has 0 radical (unpaired) electrons. The van der Waals surface area contributed by atoms with E-state index in [4.69, 9.17) is 14.5 Å². The van der Waals surface area contributed by atoms with E-state index in [0.717, 1.165) is 54.2 Å². The highest BCUT2D eigenvalue weighted by Gasteiger charge is 2.23. The molecule has 0 bridgehead atoms. The Morgan fingerprint density at radius 1 is 0.771 bits per heavy atom. The molecule has 7 nitrogen and oxygen atoms in total. The highest BCUT2D eigenvalue weighted by atomic mass is 16.5. The van der Waals surface area contributed by atoms with Gasteiger partial charge in [-0.25, -0.2) is 4.98 Å². The molecule has 35 heavy (non-hydrogen) atoms. The van der Waals surface area contributed by atoms with E-state index in [-0.39, 0.29) is 5.91 Å². The second kappa shape index (κ2) is 9.93. The summed E-state index contributed by atoms with van der Waals surface area (Å²) in [5.41, 5.74) is 2.26. The lowest BCUT2D eigenvalue weighted by Gasteiger charge is -2.37. The molecule has 0 unspecified atom stereocenters. The number of methoxy groups -OCH3 is 2. The van der Waals surface area contributed by atoms with Crippen LogP contribution in [0.2, 0.25) is 0 Å². The number of hydrogen-bond donors (Lipinski definition) is 1. The maximum atomic E-state index is 13.2. The molecule has 0 saturated carbocycles. The number of piperazine rings is 1. The van der Waals surface area contributed by atoms with Crippen LogP contribution in [0.1, 0.15) is 10.4 Å². The van der Waals surface area contributed by atoms with Crippen molar-refractivity contribution >= 4 is 33.9 Å². The predicted octanol–water partition coefficient (Wildman–Crippen LogP) is 4.83. The molecule has 3 aromatic carbocycles. The average molecular weight is 469 g/mol. The molecule has 1 saturated heterocycles. The van der Waals surface area contributed by atoms with Gasteiger partial charge in [-0.15, -0.1) is 0 Å². The first-order chi connectivity index (χ1) is 17.2. The molecular formula is C28H28N4O3. The summed E-state index contributed by atoms with van der Waals surface area (Å²) in [7, 11) is 3.29. The third kappa shape index (κ3) is 4.45. The van der Waals surface area contributed by atoms with E-state index < -0.39 is 0 Å². The van der Waals surface area contributed by atoms with Crippen LogP contribution < -0.4 is 24.6 Å². The Morgan fingerprint density at radius 2 is 1.37 bits per heavy atom. The van der Waals surface area contributed by atoms with Crippen molar-refractivity contribution in [2.24, 2.45) is 0 Å². The highest BCUT2D eigenvalue weighted by Crippen LogP contribution is 2.32. The Hall–Kier alpha value is -4.26. The maximum absolute atomic E-state index is 13.2. The third-order valence-corrected chi connectivity index (χ3v) is 6.38. The van der Waals surface area contributed by atoms with E-state index in [1.165, 1.54) is 0 Å². The standard InChI is InChI=1S/C28H28N4O3/c1-34-25-13-7-5-11-23(25)30-28(33)22-19-29-27(21-10-4-3-9-20(21)22)32-17-15-31(16-18-32)24-12-6-8-14-26(24)35-2/h3-14,19H,15-18H2,1-2H3,(H,30,33). The van der Waals surface area contributed by atoms with Crippen molar-refractivity contribution in [2.75, 3.05) is 55.5 Å². The van der Waals surface area contributed by atoms with Gasteiger partial charge in [0.15, 0.2) is 0 Å². The van der Waals surface area contributed by atoms with Crippen molar-refractivity contribution in [3.63, 3.8) is 0 Å². The second-order valence-electron chi connectivity index (χ2n) is 8.34. The minimum Gasteiger partial charge on any atom is -0.495 e. The number of anilines is 3. The molecule has 2 heterocycles. The Balaban J connectivity index is 1.39. The van der Waals surface area contributed by atoms with Crippen LogP contribution in [0.15, 0.2) is 79.0 Å². The number of amides is 1.